The van der Waals surface area contributed by atoms with Gasteiger partial charge in [-0.1, -0.05) is 32.9 Å². The largest absolute Gasteiger partial charge is 0.496 e. The molecule has 1 unspecified atom stereocenters. The third-order valence-corrected chi connectivity index (χ3v) is 3.43. The van der Waals surface area contributed by atoms with Crippen molar-refractivity contribution >= 4 is 5.78 Å². The topological polar surface area (TPSA) is 26.3 Å². The zero-order valence-corrected chi connectivity index (χ0v) is 12.7. The maximum Gasteiger partial charge on any atom is 0.133 e. The molecule has 0 aromatic heterocycles. The van der Waals surface area contributed by atoms with E-state index in [0.717, 1.165) is 25.0 Å². The SMILES string of the molecule is CCCC(=O)CC(C)Cc1cc(CC)ccc1OC. The van der Waals surface area contributed by atoms with Gasteiger partial charge in [0.15, 0.2) is 0 Å². The molecule has 0 saturated carbocycles. The molecule has 19 heavy (non-hydrogen) atoms. The van der Waals surface area contributed by atoms with E-state index in [1.165, 1.54) is 11.1 Å². The first kappa shape index (κ1) is 15.7. The predicted octanol–water partition coefficient (Wildman–Crippen LogP) is 4.20. The van der Waals surface area contributed by atoms with Gasteiger partial charge in [0, 0.05) is 12.8 Å². The molecule has 0 aliphatic heterocycles. The van der Waals surface area contributed by atoms with E-state index in [4.69, 9.17) is 4.74 Å². The Morgan fingerprint density at radius 1 is 1.32 bits per heavy atom. The van der Waals surface area contributed by atoms with Crippen molar-refractivity contribution in [3.05, 3.63) is 29.3 Å². The number of Topliss-reactive ketones (excluding diaryl/α,β-unsaturated/α-hetero) is 1. The number of carbonyl (C=O) groups excluding carboxylic acids is 1. The van der Waals surface area contributed by atoms with Crippen molar-refractivity contribution in [3.8, 4) is 5.75 Å². The molecule has 0 N–H and O–H groups in total. The average molecular weight is 262 g/mol. The maximum absolute atomic E-state index is 11.7. The number of rotatable bonds is 8. The monoisotopic (exact) mass is 262 g/mol. The molecule has 2 nitrogen and oxygen atoms in total. The van der Waals surface area contributed by atoms with E-state index in [1.54, 1.807) is 7.11 Å². The Labute approximate surface area is 117 Å². The van der Waals surface area contributed by atoms with Crippen LogP contribution in [0.5, 0.6) is 5.75 Å². The van der Waals surface area contributed by atoms with Gasteiger partial charge in [-0.3, -0.25) is 4.79 Å². The molecular formula is C17H26O2. The van der Waals surface area contributed by atoms with Gasteiger partial charge in [0.05, 0.1) is 7.11 Å². The van der Waals surface area contributed by atoms with Crippen LogP contribution >= 0.6 is 0 Å². The Balaban J connectivity index is 2.71. The summed E-state index contributed by atoms with van der Waals surface area (Å²) in [6.07, 6.45) is 4.26. The van der Waals surface area contributed by atoms with E-state index in [-0.39, 0.29) is 0 Å². The first-order valence-electron chi connectivity index (χ1n) is 7.28. The van der Waals surface area contributed by atoms with E-state index < -0.39 is 0 Å². The lowest BCUT2D eigenvalue weighted by atomic mass is 9.93. The number of ketones is 1. The highest BCUT2D eigenvalue weighted by Crippen LogP contribution is 2.24. The number of benzene rings is 1. The van der Waals surface area contributed by atoms with Crippen LogP contribution in [0.1, 0.15) is 51.2 Å². The summed E-state index contributed by atoms with van der Waals surface area (Å²) in [5, 5.41) is 0. The predicted molar refractivity (Wildman–Crippen MR) is 79.8 cm³/mol. The standard InChI is InChI=1S/C17H26O2/c1-5-7-16(18)11-13(3)10-15-12-14(6-2)8-9-17(15)19-4/h8-9,12-13H,5-7,10-11H2,1-4H3. The molecule has 0 spiro atoms. The second kappa shape index (κ2) is 7.98. The van der Waals surface area contributed by atoms with Gasteiger partial charge in [-0.2, -0.15) is 0 Å². The van der Waals surface area contributed by atoms with Gasteiger partial charge in [0.2, 0.25) is 0 Å². The Kier molecular flexibility index (Phi) is 6.61. The molecule has 106 valence electrons. The highest BCUT2D eigenvalue weighted by atomic mass is 16.5. The van der Waals surface area contributed by atoms with Crippen LogP contribution in [-0.4, -0.2) is 12.9 Å². The lowest BCUT2D eigenvalue weighted by Gasteiger charge is -2.14. The van der Waals surface area contributed by atoms with Crippen molar-refractivity contribution in [2.75, 3.05) is 7.11 Å². The zero-order valence-electron chi connectivity index (χ0n) is 12.7. The number of ether oxygens (including phenoxy) is 1. The molecule has 1 atom stereocenters. The number of aryl methyl sites for hydroxylation is 1. The van der Waals surface area contributed by atoms with Crippen LogP contribution < -0.4 is 4.74 Å². The summed E-state index contributed by atoms with van der Waals surface area (Å²) in [5.41, 5.74) is 2.54. The fraction of sp³-hybridized carbons (Fsp3) is 0.588. The third kappa shape index (κ3) is 5.06. The van der Waals surface area contributed by atoms with Gasteiger partial charge < -0.3 is 4.74 Å². The minimum Gasteiger partial charge on any atom is -0.496 e. The van der Waals surface area contributed by atoms with Crippen LogP contribution in [0.15, 0.2) is 18.2 Å². The van der Waals surface area contributed by atoms with Crippen LogP contribution in [0, 0.1) is 5.92 Å². The average Bonchev–Trinajstić information content (AvgIpc) is 2.38. The van der Waals surface area contributed by atoms with Crippen molar-refractivity contribution in [3.63, 3.8) is 0 Å². The van der Waals surface area contributed by atoms with Crippen LogP contribution in [0.3, 0.4) is 0 Å². The van der Waals surface area contributed by atoms with Crippen molar-refractivity contribution in [1.82, 2.24) is 0 Å². The van der Waals surface area contributed by atoms with Gasteiger partial charge in [0.25, 0.3) is 0 Å². The molecule has 1 rings (SSSR count). The number of hydrogen-bond donors (Lipinski definition) is 0. The smallest absolute Gasteiger partial charge is 0.133 e. The minimum atomic E-state index is 0.375. The third-order valence-electron chi connectivity index (χ3n) is 3.43. The summed E-state index contributed by atoms with van der Waals surface area (Å²) in [5.74, 6) is 1.69. The van der Waals surface area contributed by atoms with Crippen molar-refractivity contribution < 1.29 is 9.53 Å². The molecule has 0 saturated heterocycles. The Bertz CT molecular complexity index is 410. The summed E-state index contributed by atoms with van der Waals surface area (Å²) < 4.78 is 5.41. The number of hydrogen-bond acceptors (Lipinski definition) is 2. The van der Waals surface area contributed by atoms with E-state index in [0.29, 0.717) is 24.5 Å². The quantitative estimate of drug-likeness (QED) is 0.702. The molecule has 0 aliphatic carbocycles. The zero-order chi connectivity index (χ0) is 14.3. The second-order valence-corrected chi connectivity index (χ2v) is 5.30. The van der Waals surface area contributed by atoms with Gasteiger partial charge in [-0.25, -0.2) is 0 Å². The molecule has 1 aromatic carbocycles. The molecule has 0 heterocycles. The summed E-state index contributed by atoms with van der Waals surface area (Å²) >= 11 is 0. The molecule has 0 fully saturated rings. The van der Waals surface area contributed by atoms with E-state index in [2.05, 4.69) is 32.9 Å². The summed E-state index contributed by atoms with van der Waals surface area (Å²) in [6.45, 7) is 6.35. The highest BCUT2D eigenvalue weighted by molar-refractivity contribution is 5.78. The molecule has 0 radical (unpaired) electrons. The number of methoxy groups -OCH3 is 1. The normalized spacial score (nSPS) is 12.2. The van der Waals surface area contributed by atoms with Gasteiger partial charge in [0.1, 0.15) is 11.5 Å². The molecule has 0 bridgehead atoms. The van der Waals surface area contributed by atoms with Crippen LogP contribution in [0.4, 0.5) is 0 Å². The molecule has 2 heteroatoms. The second-order valence-electron chi connectivity index (χ2n) is 5.30. The van der Waals surface area contributed by atoms with Crippen molar-refractivity contribution in [2.45, 2.75) is 52.9 Å². The molecule has 1 aromatic rings. The van der Waals surface area contributed by atoms with E-state index in [9.17, 15) is 4.79 Å². The first-order valence-corrected chi connectivity index (χ1v) is 7.28. The fourth-order valence-corrected chi connectivity index (χ4v) is 2.43. The maximum atomic E-state index is 11.7. The van der Waals surface area contributed by atoms with Crippen molar-refractivity contribution in [2.24, 2.45) is 5.92 Å². The lowest BCUT2D eigenvalue weighted by molar-refractivity contribution is -0.119. The van der Waals surface area contributed by atoms with Crippen molar-refractivity contribution in [1.29, 1.82) is 0 Å². The summed E-state index contributed by atoms with van der Waals surface area (Å²) in [6, 6.07) is 6.35. The van der Waals surface area contributed by atoms with E-state index >= 15 is 0 Å². The highest BCUT2D eigenvalue weighted by Gasteiger charge is 2.12. The van der Waals surface area contributed by atoms with Gasteiger partial charge in [-0.05, 0) is 42.4 Å². The molecular weight excluding hydrogens is 236 g/mol. The van der Waals surface area contributed by atoms with Crippen LogP contribution in [0.2, 0.25) is 0 Å². The Morgan fingerprint density at radius 3 is 2.63 bits per heavy atom. The van der Waals surface area contributed by atoms with Gasteiger partial charge >= 0.3 is 0 Å². The lowest BCUT2D eigenvalue weighted by Crippen LogP contribution is -2.08. The summed E-state index contributed by atoms with van der Waals surface area (Å²) in [7, 11) is 1.71. The summed E-state index contributed by atoms with van der Waals surface area (Å²) in [4.78, 5) is 11.7. The van der Waals surface area contributed by atoms with E-state index in [1.807, 2.05) is 6.07 Å². The van der Waals surface area contributed by atoms with Crippen LogP contribution in [0.25, 0.3) is 0 Å². The first-order chi connectivity index (χ1) is 9.10. The minimum absolute atomic E-state index is 0.375. The van der Waals surface area contributed by atoms with Crippen LogP contribution in [-0.2, 0) is 17.6 Å². The molecule has 0 aliphatic rings. The Morgan fingerprint density at radius 2 is 2.05 bits per heavy atom. The van der Waals surface area contributed by atoms with Gasteiger partial charge in [-0.15, -0.1) is 0 Å². The Hall–Kier alpha value is -1.31. The number of carbonyl (C=O) groups is 1. The molecule has 0 amide bonds. The fourth-order valence-electron chi connectivity index (χ4n) is 2.43.